The third-order valence-electron chi connectivity index (χ3n) is 5.73. The highest BCUT2D eigenvalue weighted by Gasteiger charge is 2.32. The quantitative estimate of drug-likeness (QED) is 0.681. The van der Waals surface area contributed by atoms with E-state index in [1.54, 1.807) is 11.8 Å². The van der Waals surface area contributed by atoms with Gasteiger partial charge in [-0.15, -0.1) is 11.8 Å². The maximum atomic E-state index is 12.9. The van der Waals surface area contributed by atoms with Crippen LogP contribution in [0.1, 0.15) is 42.3 Å². The summed E-state index contributed by atoms with van der Waals surface area (Å²) in [6.45, 7) is 0.825. The Balaban J connectivity index is 1.29. The molecule has 1 unspecified atom stereocenters. The van der Waals surface area contributed by atoms with Crippen LogP contribution in [0, 0.1) is 0 Å². The summed E-state index contributed by atoms with van der Waals surface area (Å²) in [4.78, 5) is 24.3. The molecule has 2 aromatic carbocycles. The topological polar surface area (TPSA) is 49.0 Å². The zero-order valence-electron chi connectivity index (χ0n) is 15.3. The molecule has 5 rings (SSSR count). The predicted octanol–water partition coefficient (Wildman–Crippen LogP) is 4.51. The molecule has 1 fully saturated rings. The lowest BCUT2D eigenvalue weighted by Crippen LogP contribution is -2.32. The van der Waals surface area contributed by atoms with Crippen molar-refractivity contribution in [2.24, 2.45) is 0 Å². The average molecular weight is 378 g/mol. The summed E-state index contributed by atoms with van der Waals surface area (Å²) in [6.07, 6.45) is 5.66. The number of likely N-dealkylation sites (tertiary alicyclic amines) is 1. The van der Waals surface area contributed by atoms with Gasteiger partial charge in [0, 0.05) is 11.4 Å². The number of H-pyrrole nitrogens is 1. The van der Waals surface area contributed by atoms with Crippen LogP contribution < -0.4 is 0 Å². The van der Waals surface area contributed by atoms with E-state index in [9.17, 15) is 4.79 Å². The molecule has 0 spiro atoms. The highest BCUT2D eigenvalue weighted by molar-refractivity contribution is 8.00. The zero-order chi connectivity index (χ0) is 18.2. The van der Waals surface area contributed by atoms with Crippen molar-refractivity contribution in [2.75, 3.05) is 12.3 Å². The fraction of sp³-hybridized carbons (Fsp3) is 0.364. The number of fused-ring (bicyclic) bond motifs is 2. The number of benzene rings is 2. The Morgan fingerprint density at radius 1 is 1.15 bits per heavy atom. The molecule has 5 heteroatoms. The minimum absolute atomic E-state index is 0.0746. The van der Waals surface area contributed by atoms with Crippen LogP contribution in [-0.4, -0.2) is 33.1 Å². The van der Waals surface area contributed by atoms with E-state index in [0.29, 0.717) is 5.75 Å². The van der Waals surface area contributed by atoms with Crippen molar-refractivity contribution in [2.45, 2.75) is 43.0 Å². The standard InChI is InChI=1S/C22H23N3OS/c26-21(14-27-17-11-10-15-5-3-6-16(15)13-17)25-12-4-9-20(25)22-23-18-7-1-2-8-19(18)24-22/h1-2,7-8,10-11,13,20H,3-6,9,12,14H2,(H,23,24). The number of rotatable bonds is 4. The molecule has 0 bridgehead atoms. The van der Waals surface area contributed by atoms with Crippen molar-refractivity contribution < 1.29 is 4.79 Å². The number of carbonyl (C=O) groups excluding carboxylic acids is 1. The van der Waals surface area contributed by atoms with Crippen LogP contribution in [0.25, 0.3) is 11.0 Å². The number of aromatic amines is 1. The Kier molecular flexibility index (Phi) is 4.40. The lowest BCUT2D eigenvalue weighted by molar-refractivity contribution is -0.129. The molecule has 0 radical (unpaired) electrons. The normalized spacial score (nSPS) is 19.0. The molecule has 1 saturated heterocycles. The van der Waals surface area contributed by atoms with E-state index < -0.39 is 0 Å². The third kappa shape index (κ3) is 3.25. The minimum atomic E-state index is 0.0746. The van der Waals surface area contributed by atoms with Crippen molar-refractivity contribution >= 4 is 28.7 Å². The smallest absolute Gasteiger partial charge is 0.233 e. The molecule has 1 atom stereocenters. The molecule has 1 aliphatic carbocycles. The van der Waals surface area contributed by atoms with Crippen LogP contribution in [0.2, 0.25) is 0 Å². The van der Waals surface area contributed by atoms with Gasteiger partial charge in [-0.2, -0.15) is 0 Å². The average Bonchev–Trinajstić information content (AvgIpc) is 3.43. The van der Waals surface area contributed by atoms with Crippen LogP contribution >= 0.6 is 11.8 Å². The van der Waals surface area contributed by atoms with Gasteiger partial charge in [0.15, 0.2) is 0 Å². The largest absolute Gasteiger partial charge is 0.340 e. The number of carbonyl (C=O) groups is 1. The number of aromatic nitrogens is 2. The van der Waals surface area contributed by atoms with Gasteiger partial charge in [-0.25, -0.2) is 4.98 Å². The molecule has 0 saturated carbocycles. The summed E-state index contributed by atoms with van der Waals surface area (Å²) in [5.41, 5.74) is 4.96. The number of hydrogen-bond acceptors (Lipinski definition) is 3. The van der Waals surface area contributed by atoms with Gasteiger partial charge in [-0.05, 0) is 67.5 Å². The van der Waals surface area contributed by atoms with E-state index in [-0.39, 0.29) is 11.9 Å². The van der Waals surface area contributed by atoms with Crippen LogP contribution in [0.3, 0.4) is 0 Å². The fourth-order valence-corrected chi connectivity index (χ4v) is 5.19. The van der Waals surface area contributed by atoms with Crippen LogP contribution in [0.15, 0.2) is 47.4 Å². The zero-order valence-corrected chi connectivity index (χ0v) is 16.1. The van der Waals surface area contributed by atoms with Gasteiger partial charge in [0.2, 0.25) is 5.91 Å². The summed E-state index contributed by atoms with van der Waals surface area (Å²) in [6, 6.07) is 14.8. The second kappa shape index (κ2) is 7.04. The van der Waals surface area contributed by atoms with Crippen LogP contribution in [0.4, 0.5) is 0 Å². The number of nitrogens with zero attached hydrogens (tertiary/aromatic N) is 2. The Morgan fingerprint density at radius 2 is 2.04 bits per heavy atom. The van der Waals surface area contributed by atoms with Crippen molar-refractivity contribution in [1.29, 1.82) is 0 Å². The minimum Gasteiger partial charge on any atom is -0.340 e. The van der Waals surface area contributed by atoms with Crippen LogP contribution in [0.5, 0.6) is 0 Å². The lowest BCUT2D eigenvalue weighted by atomic mass is 10.1. The molecule has 1 aliphatic heterocycles. The summed E-state index contributed by atoms with van der Waals surface area (Å²) >= 11 is 1.66. The van der Waals surface area contributed by atoms with Gasteiger partial charge in [-0.3, -0.25) is 4.79 Å². The number of thioether (sulfide) groups is 1. The molecule has 1 amide bonds. The Hall–Kier alpha value is -2.27. The number of aryl methyl sites for hydroxylation is 2. The summed E-state index contributed by atoms with van der Waals surface area (Å²) in [7, 11) is 0. The molecule has 4 nitrogen and oxygen atoms in total. The van der Waals surface area contributed by atoms with E-state index in [0.717, 1.165) is 36.2 Å². The number of nitrogens with one attached hydrogen (secondary N) is 1. The predicted molar refractivity (Wildman–Crippen MR) is 109 cm³/mol. The van der Waals surface area contributed by atoms with Gasteiger partial charge >= 0.3 is 0 Å². The molecular formula is C22H23N3OS. The maximum Gasteiger partial charge on any atom is 0.233 e. The summed E-state index contributed by atoms with van der Waals surface area (Å²) < 4.78 is 0. The number of hydrogen-bond donors (Lipinski definition) is 1. The van der Waals surface area contributed by atoms with Crippen molar-refractivity contribution in [3.8, 4) is 0 Å². The monoisotopic (exact) mass is 377 g/mol. The van der Waals surface area contributed by atoms with E-state index in [4.69, 9.17) is 4.98 Å². The summed E-state index contributed by atoms with van der Waals surface area (Å²) in [5, 5.41) is 0. The van der Waals surface area contributed by atoms with E-state index in [1.807, 2.05) is 29.2 Å². The highest BCUT2D eigenvalue weighted by atomic mass is 32.2. The SMILES string of the molecule is O=C(CSc1ccc2c(c1)CCC2)N1CCCC1c1nc2ccccc2[nH]1. The molecule has 3 aromatic rings. The van der Waals surface area contributed by atoms with Gasteiger partial charge < -0.3 is 9.88 Å². The molecule has 27 heavy (non-hydrogen) atoms. The molecular weight excluding hydrogens is 354 g/mol. The third-order valence-corrected chi connectivity index (χ3v) is 6.71. The first-order valence-corrected chi connectivity index (χ1v) is 10.8. The Bertz CT molecular complexity index is 963. The van der Waals surface area contributed by atoms with Crippen LogP contribution in [-0.2, 0) is 17.6 Å². The second-order valence-electron chi connectivity index (χ2n) is 7.46. The van der Waals surface area contributed by atoms with E-state index in [1.165, 1.54) is 35.3 Å². The van der Waals surface area contributed by atoms with Gasteiger partial charge in [-0.1, -0.05) is 18.2 Å². The number of para-hydroxylation sites is 2. The van der Waals surface area contributed by atoms with E-state index in [2.05, 4.69) is 23.2 Å². The first kappa shape index (κ1) is 16.9. The van der Waals surface area contributed by atoms with Gasteiger partial charge in [0.1, 0.15) is 5.82 Å². The first-order valence-electron chi connectivity index (χ1n) is 9.77. The fourth-order valence-electron chi connectivity index (χ4n) is 4.35. The van der Waals surface area contributed by atoms with Gasteiger partial charge in [0.05, 0.1) is 22.8 Å². The van der Waals surface area contributed by atoms with Crippen molar-refractivity contribution in [3.63, 3.8) is 0 Å². The molecule has 1 N–H and O–H groups in total. The Labute approximate surface area is 163 Å². The van der Waals surface area contributed by atoms with E-state index >= 15 is 0 Å². The number of amides is 1. The maximum absolute atomic E-state index is 12.9. The molecule has 2 heterocycles. The Morgan fingerprint density at radius 3 is 2.96 bits per heavy atom. The molecule has 2 aliphatic rings. The summed E-state index contributed by atoms with van der Waals surface area (Å²) in [5.74, 6) is 1.63. The lowest BCUT2D eigenvalue weighted by Gasteiger charge is -2.23. The highest BCUT2D eigenvalue weighted by Crippen LogP contribution is 2.33. The first-order chi connectivity index (χ1) is 13.3. The van der Waals surface area contributed by atoms with Gasteiger partial charge in [0.25, 0.3) is 0 Å². The van der Waals surface area contributed by atoms with Crippen molar-refractivity contribution in [3.05, 3.63) is 59.4 Å². The van der Waals surface area contributed by atoms with Crippen molar-refractivity contribution in [1.82, 2.24) is 14.9 Å². The number of imidazole rings is 1. The molecule has 1 aromatic heterocycles. The second-order valence-corrected chi connectivity index (χ2v) is 8.51. The molecule has 138 valence electrons.